The highest BCUT2D eigenvalue weighted by Crippen LogP contribution is 2.07. The topological polar surface area (TPSA) is 55.3 Å². The summed E-state index contributed by atoms with van der Waals surface area (Å²) in [7, 11) is 0. The van der Waals surface area contributed by atoms with Crippen LogP contribution in [-0.4, -0.2) is 34.0 Å². The third-order valence-corrected chi connectivity index (χ3v) is 3.35. The quantitative estimate of drug-likeness (QED) is 0.701. The Morgan fingerprint density at radius 3 is 2.04 bits per heavy atom. The molecule has 5 heteroatoms. The van der Waals surface area contributed by atoms with Crippen molar-refractivity contribution >= 4 is 5.97 Å². The second kappa shape index (κ2) is 9.00. The average Bonchev–Trinajstić information content (AvgIpc) is 2.56. The van der Waals surface area contributed by atoms with E-state index < -0.39 is 0 Å². The fraction of sp³-hybridized carbons (Fsp3) is 0.389. The van der Waals surface area contributed by atoms with Crippen LogP contribution in [0, 0.1) is 5.92 Å². The van der Waals surface area contributed by atoms with Crippen molar-refractivity contribution in [3.05, 3.63) is 60.2 Å². The lowest BCUT2D eigenvalue weighted by Crippen LogP contribution is -2.29. The van der Waals surface area contributed by atoms with Crippen molar-refractivity contribution in [2.45, 2.75) is 26.9 Å². The van der Waals surface area contributed by atoms with Gasteiger partial charge in [-0.15, -0.1) is 0 Å². The molecule has 2 aromatic rings. The minimum Gasteiger partial charge on any atom is -0.464 e. The molecule has 0 aliphatic heterocycles. The van der Waals surface area contributed by atoms with Gasteiger partial charge < -0.3 is 4.74 Å². The van der Waals surface area contributed by atoms with Gasteiger partial charge in [0.25, 0.3) is 0 Å². The van der Waals surface area contributed by atoms with Crippen LogP contribution in [0.5, 0.6) is 0 Å². The predicted octanol–water partition coefficient (Wildman–Crippen LogP) is 2.68. The molecular formula is C18H23N3O2. The molecule has 0 spiro atoms. The van der Waals surface area contributed by atoms with E-state index in [0.29, 0.717) is 26.2 Å². The van der Waals surface area contributed by atoms with E-state index in [9.17, 15) is 4.79 Å². The summed E-state index contributed by atoms with van der Waals surface area (Å²) in [6.07, 6.45) is 3.57. The average molecular weight is 313 g/mol. The summed E-state index contributed by atoms with van der Waals surface area (Å²) in [5.41, 5.74) is 1.97. The molecule has 0 unspecified atom stereocenters. The van der Waals surface area contributed by atoms with Crippen LogP contribution in [0.15, 0.2) is 48.8 Å². The van der Waals surface area contributed by atoms with Crippen molar-refractivity contribution < 1.29 is 9.53 Å². The lowest BCUT2D eigenvalue weighted by molar-refractivity contribution is -0.147. The highest BCUT2D eigenvalue weighted by Gasteiger charge is 2.12. The molecule has 122 valence electrons. The minimum atomic E-state index is -0.166. The summed E-state index contributed by atoms with van der Waals surface area (Å²) in [5, 5.41) is 0. The van der Waals surface area contributed by atoms with Gasteiger partial charge in [0.1, 0.15) is 6.61 Å². The number of esters is 1. The lowest BCUT2D eigenvalue weighted by Gasteiger charge is -2.21. The van der Waals surface area contributed by atoms with Crippen molar-refractivity contribution in [1.29, 1.82) is 0 Å². The van der Waals surface area contributed by atoms with Crippen LogP contribution in [0.4, 0.5) is 0 Å². The second-order valence-corrected chi connectivity index (χ2v) is 5.68. The van der Waals surface area contributed by atoms with Crippen molar-refractivity contribution in [1.82, 2.24) is 14.9 Å². The van der Waals surface area contributed by atoms with Crippen molar-refractivity contribution in [3.8, 4) is 0 Å². The second-order valence-electron chi connectivity index (χ2n) is 5.68. The number of ether oxygens (including phenoxy) is 1. The maximum absolute atomic E-state index is 11.6. The fourth-order valence-electron chi connectivity index (χ4n) is 2.10. The fourth-order valence-corrected chi connectivity index (χ4v) is 2.10. The minimum absolute atomic E-state index is 0.102. The SMILES string of the molecule is CC(C)C(=O)OCCN(Cc1ccccn1)Cc1ccccn1. The first-order valence-electron chi connectivity index (χ1n) is 7.84. The van der Waals surface area contributed by atoms with Crippen LogP contribution < -0.4 is 0 Å². The van der Waals surface area contributed by atoms with Gasteiger partial charge in [-0.2, -0.15) is 0 Å². The van der Waals surface area contributed by atoms with Gasteiger partial charge in [0.2, 0.25) is 0 Å². The molecule has 0 bridgehead atoms. The summed E-state index contributed by atoms with van der Waals surface area (Å²) in [5.74, 6) is -0.268. The van der Waals surface area contributed by atoms with Crippen LogP contribution >= 0.6 is 0 Å². The number of carbonyl (C=O) groups is 1. The number of nitrogens with zero attached hydrogens (tertiary/aromatic N) is 3. The van der Waals surface area contributed by atoms with E-state index in [2.05, 4.69) is 14.9 Å². The van der Waals surface area contributed by atoms with Gasteiger partial charge in [-0.05, 0) is 24.3 Å². The summed E-state index contributed by atoms with van der Waals surface area (Å²) < 4.78 is 5.29. The Morgan fingerprint density at radius 2 is 1.61 bits per heavy atom. The van der Waals surface area contributed by atoms with Crippen LogP contribution in [0.1, 0.15) is 25.2 Å². The van der Waals surface area contributed by atoms with Crippen LogP contribution in [0.2, 0.25) is 0 Å². The third-order valence-electron chi connectivity index (χ3n) is 3.35. The molecule has 23 heavy (non-hydrogen) atoms. The molecule has 0 saturated heterocycles. The largest absolute Gasteiger partial charge is 0.464 e. The van der Waals surface area contributed by atoms with E-state index >= 15 is 0 Å². The zero-order chi connectivity index (χ0) is 16.5. The third kappa shape index (κ3) is 6.16. The van der Waals surface area contributed by atoms with Gasteiger partial charge in [-0.1, -0.05) is 26.0 Å². The number of rotatable bonds is 8. The van der Waals surface area contributed by atoms with Gasteiger partial charge in [-0.3, -0.25) is 19.7 Å². The van der Waals surface area contributed by atoms with E-state index in [0.717, 1.165) is 11.4 Å². The van der Waals surface area contributed by atoms with Gasteiger partial charge in [0, 0.05) is 32.0 Å². The molecule has 0 aliphatic rings. The number of pyridine rings is 2. The molecule has 0 fully saturated rings. The summed E-state index contributed by atoms with van der Waals surface area (Å²) in [6.45, 7) is 6.07. The van der Waals surface area contributed by atoms with Crippen molar-refractivity contribution in [2.24, 2.45) is 5.92 Å². The maximum atomic E-state index is 11.6. The molecule has 0 saturated carbocycles. The van der Waals surface area contributed by atoms with Gasteiger partial charge in [0.05, 0.1) is 17.3 Å². The van der Waals surface area contributed by atoms with E-state index in [1.54, 1.807) is 12.4 Å². The Balaban J connectivity index is 1.95. The number of carbonyl (C=O) groups excluding carboxylic acids is 1. The highest BCUT2D eigenvalue weighted by atomic mass is 16.5. The highest BCUT2D eigenvalue weighted by molar-refractivity contribution is 5.71. The van der Waals surface area contributed by atoms with Gasteiger partial charge in [-0.25, -0.2) is 0 Å². The zero-order valence-corrected chi connectivity index (χ0v) is 13.7. The van der Waals surface area contributed by atoms with E-state index in [1.165, 1.54) is 0 Å². The number of aromatic nitrogens is 2. The smallest absolute Gasteiger partial charge is 0.308 e. The number of hydrogen-bond donors (Lipinski definition) is 0. The number of hydrogen-bond acceptors (Lipinski definition) is 5. The molecule has 0 N–H and O–H groups in total. The zero-order valence-electron chi connectivity index (χ0n) is 13.7. The summed E-state index contributed by atoms with van der Waals surface area (Å²) >= 11 is 0. The monoisotopic (exact) mass is 313 g/mol. The first-order chi connectivity index (χ1) is 11.1. The predicted molar refractivity (Wildman–Crippen MR) is 88.4 cm³/mol. The molecule has 2 heterocycles. The molecule has 2 rings (SSSR count). The Labute approximate surface area is 137 Å². The Bertz CT molecular complexity index is 546. The Hall–Kier alpha value is -2.27. The summed E-state index contributed by atoms with van der Waals surface area (Å²) in [6, 6.07) is 11.7. The summed E-state index contributed by atoms with van der Waals surface area (Å²) in [4.78, 5) is 22.5. The molecule has 0 aromatic carbocycles. The lowest BCUT2D eigenvalue weighted by atomic mass is 10.2. The maximum Gasteiger partial charge on any atom is 0.308 e. The van der Waals surface area contributed by atoms with E-state index in [1.807, 2.05) is 50.2 Å². The standard InChI is InChI=1S/C18H23N3O2/c1-15(2)18(22)23-12-11-21(13-16-7-3-5-9-19-16)14-17-8-4-6-10-20-17/h3-10,15H,11-14H2,1-2H3. The van der Waals surface area contributed by atoms with E-state index in [-0.39, 0.29) is 11.9 Å². The van der Waals surface area contributed by atoms with Crippen LogP contribution in [0.3, 0.4) is 0 Å². The van der Waals surface area contributed by atoms with Gasteiger partial charge in [0.15, 0.2) is 0 Å². The molecule has 0 aliphatic carbocycles. The first-order valence-corrected chi connectivity index (χ1v) is 7.84. The van der Waals surface area contributed by atoms with E-state index in [4.69, 9.17) is 4.74 Å². The molecule has 2 aromatic heterocycles. The van der Waals surface area contributed by atoms with Crippen molar-refractivity contribution in [2.75, 3.05) is 13.2 Å². The molecule has 5 nitrogen and oxygen atoms in total. The van der Waals surface area contributed by atoms with Crippen molar-refractivity contribution in [3.63, 3.8) is 0 Å². The molecular weight excluding hydrogens is 290 g/mol. The Kier molecular flexibility index (Phi) is 6.69. The van der Waals surface area contributed by atoms with Gasteiger partial charge >= 0.3 is 5.97 Å². The molecule has 0 amide bonds. The normalized spacial score (nSPS) is 11.0. The molecule has 0 radical (unpaired) electrons. The molecule has 0 atom stereocenters. The Morgan fingerprint density at radius 1 is 1.04 bits per heavy atom. The first kappa shape index (κ1) is 17.1. The van der Waals surface area contributed by atoms with Crippen LogP contribution in [0.25, 0.3) is 0 Å². The van der Waals surface area contributed by atoms with Crippen LogP contribution in [-0.2, 0) is 22.6 Å².